The maximum Gasteiger partial charge on any atom is 0.239 e. The molecule has 0 N–H and O–H groups in total. The van der Waals surface area contributed by atoms with Crippen molar-refractivity contribution in [1.29, 1.82) is 0 Å². The summed E-state index contributed by atoms with van der Waals surface area (Å²) >= 11 is 5.96. The zero-order chi connectivity index (χ0) is 15.7. The first kappa shape index (κ1) is 15.8. The van der Waals surface area contributed by atoms with E-state index in [1.54, 1.807) is 0 Å². The number of hydrogen-bond donors (Lipinski definition) is 0. The Bertz CT molecular complexity index is 525. The third kappa shape index (κ3) is 3.14. The molecule has 1 amide bonds. The molecule has 22 heavy (non-hydrogen) atoms. The lowest BCUT2D eigenvalue weighted by atomic mass is 10.1. The molecule has 0 aliphatic carbocycles. The molecule has 2 aliphatic heterocycles. The predicted molar refractivity (Wildman–Crippen MR) is 89.1 cm³/mol. The molecule has 0 aromatic heterocycles. The number of carbonyl (C=O) groups is 1. The normalized spacial score (nSPS) is 25.7. The number of rotatable bonds is 3. The number of benzene rings is 1. The topological polar surface area (TPSA) is 26.8 Å². The summed E-state index contributed by atoms with van der Waals surface area (Å²) in [5.74, 6) is 0.291. The van der Waals surface area contributed by atoms with E-state index in [-0.39, 0.29) is 6.04 Å². The van der Waals surface area contributed by atoms with Gasteiger partial charge in [-0.3, -0.25) is 14.6 Å². The van der Waals surface area contributed by atoms with Crippen LogP contribution in [0.4, 0.5) is 0 Å². The van der Waals surface area contributed by atoms with Gasteiger partial charge >= 0.3 is 0 Å². The number of hydrogen-bond acceptors (Lipinski definition) is 3. The number of likely N-dealkylation sites (N-methyl/N-ethyl adjacent to an activating group) is 1. The summed E-state index contributed by atoms with van der Waals surface area (Å²) in [5.41, 5.74) is 1.30. The second-order valence-electron chi connectivity index (χ2n) is 6.36. The second kappa shape index (κ2) is 6.57. The van der Waals surface area contributed by atoms with Crippen LogP contribution < -0.4 is 0 Å². The molecule has 0 saturated carbocycles. The molecule has 0 spiro atoms. The van der Waals surface area contributed by atoms with Crippen molar-refractivity contribution in [2.45, 2.75) is 25.4 Å². The molecule has 0 radical (unpaired) electrons. The summed E-state index contributed by atoms with van der Waals surface area (Å²) in [6.45, 7) is 7.11. The van der Waals surface area contributed by atoms with Crippen molar-refractivity contribution in [1.82, 2.24) is 14.7 Å². The first-order chi connectivity index (χ1) is 10.6. The fourth-order valence-corrected chi connectivity index (χ4v) is 3.66. The quantitative estimate of drug-likeness (QED) is 0.854. The van der Waals surface area contributed by atoms with Gasteiger partial charge in [0.05, 0.1) is 6.04 Å². The first-order valence-electron chi connectivity index (χ1n) is 8.05. The van der Waals surface area contributed by atoms with E-state index in [1.807, 2.05) is 24.1 Å². The molecule has 1 aromatic carbocycles. The monoisotopic (exact) mass is 321 g/mol. The largest absolute Gasteiger partial charge is 0.344 e. The van der Waals surface area contributed by atoms with Crippen LogP contribution in [-0.4, -0.2) is 66.4 Å². The highest BCUT2D eigenvalue weighted by molar-refractivity contribution is 6.30. The number of halogens is 1. The third-order valence-electron chi connectivity index (χ3n) is 5.09. The van der Waals surface area contributed by atoms with Crippen LogP contribution in [0.1, 0.15) is 24.9 Å². The Morgan fingerprint density at radius 1 is 1.09 bits per heavy atom. The van der Waals surface area contributed by atoms with E-state index in [2.05, 4.69) is 28.9 Å². The van der Waals surface area contributed by atoms with E-state index in [9.17, 15) is 4.79 Å². The van der Waals surface area contributed by atoms with Crippen molar-refractivity contribution in [2.24, 2.45) is 0 Å². The molecule has 120 valence electrons. The molecule has 2 heterocycles. The zero-order valence-electron chi connectivity index (χ0n) is 13.3. The smallest absolute Gasteiger partial charge is 0.239 e. The highest BCUT2D eigenvalue weighted by Gasteiger charge is 2.35. The van der Waals surface area contributed by atoms with Crippen molar-refractivity contribution in [3.05, 3.63) is 34.9 Å². The van der Waals surface area contributed by atoms with E-state index in [4.69, 9.17) is 11.6 Å². The Kier molecular flexibility index (Phi) is 4.71. The second-order valence-corrected chi connectivity index (χ2v) is 6.80. The molecular formula is C17H24ClN3O. The number of piperazine rings is 1. The van der Waals surface area contributed by atoms with E-state index < -0.39 is 0 Å². The van der Waals surface area contributed by atoms with Crippen molar-refractivity contribution in [3.63, 3.8) is 0 Å². The van der Waals surface area contributed by atoms with Gasteiger partial charge in [-0.25, -0.2) is 0 Å². The van der Waals surface area contributed by atoms with Gasteiger partial charge < -0.3 is 4.90 Å². The van der Waals surface area contributed by atoms with Gasteiger partial charge in [-0.15, -0.1) is 0 Å². The van der Waals surface area contributed by atoms with Crippen LogP contribution in [-0.2, 0) is 4.79 Å². The summed E-state index contributed by atoms with van der Waals surface area (Å²) in [6.07, 6.45) is 0.974. The highest BCUT2D eigenvalue weighted by atomic mass is 35.5. The van der Waals surface area contributed by atoms with Crippen LogP contribution in [0.15, 0.2) is 24.3 Å². The first-order valence-corrected chi connectivity index (χ1v) is 8.42. The molecule has 2 fully saturated rings. The van der Waals surface area contributed by atoms with E-state index >= 15 is 0 Å². The van der Waals surface area contributed by atoms with Gasteiger partial charge in [0.2, 0.25) is 5.91 Å². The van der Waals surface area contributed by atoms with Gasteiger partial charge in [0, 0.05) is 50.8 Å². The van der Waals surface area contributed by atoms with Crippen molar-refractivity contribution in [2.75, 3.05) is 39.8 Å². The number of carbonyl (C=O) groups excluding carboxylic acids is 1. The fraction of sp³-hybridized carbons (Fsp3) is 0.588. The molecule has 5 heteroatoms. The average Bonchev–Trinajstić information content (AvgIpc) is 2.87. The Hall–Kier alpha value is -1.10. The van der Waals surface area contributed by atoms with Crippen LogP contribution in [0.3, 0.4) is 0 Å². The summed E-state index contributed by atoms with van der Waals surface area (Å²) in [5, 5.41) is 0.782. The van der Waals surface area contributed by atoms with Gasteiger partial charge in [-0.2, -0.15) is 0 Å². The minimum Gasteiger partial charge on any atom is -0.344 e. The molecule has 0 unspecified atom stereocenters. The molecule has 0 bridgehead atoms. The predicted octanol–water partition coefficient (Wildman–Crippen LogP) is 2.25. The van der Waals surface area contributed by atoms with Crippen molar-refractivity contribution >= 4 is 17.5 Å². The minimum absolute atomic E-state index is 0.109. The maximum atomic E-state index is 12.1. The molecular weight excluding hydrogens is 298 g/mol. The lowest BCUT2D eigenvalue weighted by Gasteiger charge is -2.40. The molecule has 4 nitrogen and oxygen atoms in total. The fourth-order valence-electron chi connectivity index (χ4n) is 3.53. The molecule has 2 atom stereocenters. The van der Waals surface area contributed by atoms with Crippen molar-refractivity contribution in [3.8, 4) is 0 Å². The van der Waals surface area contributed by atoms with Gasteiger partial charge in [-0.05, 0) is 31.0 Å². The van der Waals surface area contributed by atoms with Crippen LogP contribution in [0, 0.1) is 0 Å². The number of likely N-dealkylation sites (tertiary alicyclic amines) is 1. The van der Waals surface area contributed by atoms with Crippen molar-refractivity contribution < 1.29 is 4.79 Å². The summed E-state index contributed by atoms with van der Waals surface area (Å²) < 4.78 is 0. The SMILES string of the molecule is C[C@@H](c1ccc(Cl)cc1)N1CCN([C@@H]2CCN(C)C2=O)CC1. The summed E-state index contributed by atoms with van der Waals surface area (Å²) in [4.78, 5) is 18.8. The summed E-state index contributed by atoms with van der Waals surface area (Å²) in [6, 6.07) is 8.62. The zero-order valence-corrected chi connectivity index (χ0v) is 14.1. The van der Waals surface area contributed by atoms with Crippen LogP contribution in [0.5, 0.6) is 0 Å². The van der Waals surface area contributed by atoms with Crippen LogP contribution in [0.25, 0.3) is 0 Å². The van der Waals surface area contributed by atoms with Gasteiger partial charge in [0.1, 0.15) is 0 Å². The molecule has 2 aliphatic rings. The average molecular weight is 322 g/mol. The van der Waals surface area contributed by atoms with E-state index in [0.29, 0.717) is 11.9 Å². The lowest BCUT2D eigenvalue weighted by Crippen LogP contribution is -2.52. The van der Waals surface area contributed by atoms with E-state index in [1.165, 1.54) is 5.56 Å². The maximum absolute atomic E-state index is 12.1. The Labute approximate surface area is 137 Å². The minimum atomic E-state index is 0.109. The Morgan fingerprint density at radius 3 is 2.27 bits per heavy atom. The van der Waals surface area contributed by atoms with Gasteiger partial charge in [-0.1, -0.05) is 23.7 Å². The lowest BCUT2D eigenvalue weighted by molar-refractivity contribution is -0.131. The number of nitrogens with zero attached hydrogens (tertiary/aromatic N) is 3. The Morgan fingerprint density at radius 2 is 1.73 bits per heavy atom. The highest BCUT2D eigenvalue weighted by Crippen LogP contribution is 2.25. The van der Waals surface area contributed by atoms with E-state index in [0.717, 1.165) is 44.2 Å². The van der Waals surface area contributed by atoms with Gasteiger partial charge in [0.15, 0.2) is 0 Å². The molecule has 3 rings (SSSR count). The Balaban J connectivity index is 1.57. The standard InChI is InChI=1S/C17H24ClN3O/c1-13(14-3-5-15(18)6-4-14)20-9-11-21(12-10-20)16-7-8-19(2)17(16)22/h3-6,13,16H,7-12H2,1-2H3/t13-,16+/m0/s1. The van der Waals surface area contributed by atoms with Gasteiger partial charge in [0.25, 0.3) is 0 Å². The summed E-state index contributed by atoms with van der Waals surface area (Å²) in [7, 11) is 1.90. The van der Waals surface area contributed by atoms with Crippen LogP contribution >= 0.6 is 11.6 Å². The van der Waals surface area contributed by atoms with Crippen LogP contribution in [0.2, 0.25) is 5.02 Å². The molecule has 2 saturated heterocycles. The number of amides is 1. The molecule has 1 aromatic rings. The third-order valence-corrected chi connectivity index (χ3v) is 5.34.